The number of nitrogens with one attached hydrogen (secondary N) is 2. The molecule has 96 valence electrons. The number of hydrogen-bond acceptors (Lipinski definition) is 3. The first-order valence-electron chi connectivity index (χ1n) is 5.44. The molecule has 0 radical (unpaired) electrons. The van der Waals surface area contributed by atoms with Crippen LogP contribution in [-0.4, -0.2) is 26.1 Å². The van der Waals surface area contributed by atoms with Crippen LogP contribution in [0.5, 0.6) is 5.75 Å². The first-order valence-corrected chi connectivity index (χ1v) is 6.92. The van der Waals surface area contributed by atoms with Gasteiger partial charge in [0, 0.05) is 12.6 Å². The molecule has 3 N–H and O–H groups in total. The van der Waals surface area contributed by atoms with Gasteiger partial charge in [-0.2, -0.15) is 13.1 Å². The van der Waals surface area contributed by atoms with Gasteiger partial charge in [0.1, 0.15) is 5.75 Å². The van der Waals surface area contributed by atoms with Crippen molar-refractivity contribution in [2.45, 2.75) is 26.3 Å². The predicted octanol–water partition coefficient (Wildman–Crippen LogP) is 0.767. The van der Waals surface area contributed by atoms with Crippen molar-refractivity contribution >= 4 is 10.2 Å². The molecule has 0 unspecified atom stereocenters. The summed E-state index contributed by atoms with van der Waals surface area (Å²) in [6.45, 7) is 3.85. The van der Waals surface area contributed by atoms with E-state index in [0.29, 0.717) is 13.0 Å². The normalized spacial score (nSPS) is 11.9. The number of rotatable bonds is 6. The lowest BCUT2D eigenvalue weighted by atomic mass is 10.1. The molecule has 0 saturated carbocycles. The molecule has 6 heteroatoms. The van der Waals surface area contributed by atoms with Gasteiger partial charge in [-0.15, -0.1) is 0 Å². The van der Waals surface area contributed by atoms with E-state index in [2.05, 4.69) is 9.44 Å². The van der Waals surface area contributed by atoms with Gasteiger partial charge in [-0.3, -0.25) is 0 Å². The van der Waals surface area contributed by atoms with Gasteiger partial charge in [0.25, 0.3) is 10.2 Å². The Morgan fingerprint density at radius 2 is 1.82 bits per heavy atom. The molecule has 0 spiro atoms. The highest BCUT2D eigenvalue weighted by molar-refractivity contribution is 7.87. The summed E-state index contributed by atoms with van der Waals surface area (Å²) in [5, 5.41) is 9.09. The van der Waals surface area contributed by atoms with E-state index < -0.39 is 10.2 Å². The van der Waals surface area contributed by atoms with Crippen LogP contribution in [0, 0.1) is 0 Å². The topological polar surface area (TPSA) is 78.4 Å². The second kappa shape index (κ2) is 6.00. The Morgan fingerprint density at radius 1 is 1.24 bits per heavy atom. The second-order valence-corrected chi connectivity index (χ2v) is 5.62. The minimum atomic E-state index is -3.41. The average molecular weight is 258 g/mol. The predicted molar refractivity (Wildman–Crippen MR) is 67.0 cm³/mol. The lowest BCUT2D eigenvalue weighted by molar-refractivity contribution is 0.475. The van der Waals surface area contributed by atoms with Crippen LogP contribution < -0.4 is 9.44 Å². The Hall–Kier alpha value is -1.11. The monoisotopic (exact) mass is 258 g/mol. The van der Waals surface area contributed by atoms with Crippen molar-refractivity contribution in [3.05, 3.63) is 29.8 Å². The summed E-state index contributed by atoms with van der Waals surface area (Å²) >= 11 is 0. The largest absolute Gasteiger partial charge is 0.508 e. The quantitative estimate of drug-likeness (QED) is 0.705. The van der Waals surface area contributed by atoms with E-state index in [1.165, 1.54) is 0 Å². The van der Waals surface area contributed by atoms with Crippen LogP contribution in [0.4, 0.5) is 0 Å². The van der Waals surface area contributed by atoms with Crippen LogP contribution >= 0.6 is 0 Å². The van der Waals surface area contributed by atoms with Crippen molar-refractivity contribution in [2.75, 3.05) is 6.54 Å². The van der Waals surface area contributed by atoms with Gasteiger partial charge >= 0.3 is 0 Å². The van der Waals surface area contributed by atoms with Gasteiger partial charge in [-0.1, -0.05) is 12.1 Å². The van der Waals surface area contributed by atoms with Gasteiger partial charge in [-0.25, -0.2) is 4.72 Å². The van der Waals surface area contributed by atoms with Gasteiger partial charge in [-0.05, 0) is 38.0 Å². The summed E-state index contributed by atoms with van der Waals surface area (Å²) in [5.41, 5.74) is 0.968. The average Bonchev–Trinajstić information content (AvgIpc) is 2.18. The smallest absolute Gasteiger partial charge is 0.277 e. The summed E-state index contributed by atoms with van der Waals surface area (Å²) in [6.07, 6.45) is 0.583. The van der Waals surface area contributed by atoms with E-state index in [4.69, 9.17) is 5.11 Å². The van der Waals surface area contributed by atoms with E-state index in [0.717, 1.165) is 5.56 Å². The molecule has 0 fully saturated rings. The molecule has 5 nitrogen and oxygen atoms in total. The van der Waals surface area contributed by atoms with E-state index in [1.807, 2.05) is 0 Å². The van der Waals surface area contributed by atoms with Gasteiger partial charge in [0.05, 0.1) is 0 Å². The lowest BCUT2D eigenvalue weighted by Crippen LogP contribution is -2.41. The Kier molecular flexibility index (Phi) is 4.92. The molecule has 0 amide bonds. The molecule has 1 aromatic carbocycles. The zero-order valence-corrected chi connectivity index (χ0v) is 10.8. The maximum atomic E-state index is 11.4. The third-order valence-electron chi connectivity index (χ3n) is 2.03. The molecule has 0 saturated heterocycles. The third-order valence-corrected chi connectivity index (χ3v) is 3.40. The van der Waals surface area contributed by atoms with Gasteiger partial charge in [0.15, 0.2) is 0 Å². The number of aromatic hydroxyl groups is 1. The third kappa shape index (κ3) is 5.67. The Morgan fingerprint density at radius 3 is 2.35 bits per heavy atom. The number of benzene rings is 1. The van der Waals surface area contributed by atoms with Crippen molar-refractivity contribution in [1.29, 1.82) is 0 Å². The number of phenolic OH excluding ortho intramolecular Hbond substituents is 1. The molecule has 0 aliphatic heterocycles. The van der Waals surface area contributed by atoms with Crippen LogP contribution in [0.3, 0.4) is 0 Å². The Labute approximate surface area is 102 Å². The number of phenols is 1. The summed E-state index contributed by atoms with van der Waals surface area (Å²) in [4.78, 5) is 0. The zero-order chi connectivity index (χ0) is 12.9. The van der Waals surface area contributed by atoms with Gasteiger partial charge in [0.2, 0.25) is 0 Å². The van der Waals surface area contributed by atoms with Gasteiger partial charge < -0.3 is 5.11 Å². The molecule has 0 aliphatic rings. The van der Waals surface area contributed by atoms with Crippen LogP contribution in [-0.2, 0) is 16.6 Å². The van der Waals surface area contributed by atoms with Crippen LogP contribution in [0.2, 0.25) is 0 Å². The lowest BCUT2D eigenvalue weighted by Gasteiger charge is -2.10. The number of hydrogen-bond donors (Lipinski definition) is 3. The van der Waals surface area contributed by atoms with E-state index in [-0.39, 0.29) is 11.8 Å². The van der Waals surface area contributed by atoms with Crippen molar-refractivity contribution in [2.24, 2.45) is 0 Å². The molecule has 0 aliphatic carbocycles. The highest BCUT2D eigenvalue weighted by atomic mass is 32.2. The Balaban J connectivity index is 2.40. The molecule has 0 heterocycles. The first-order chi connectivity index (χ1) is 7.89. The highest BCUT2D eigenvalue weighted by Crippen LogP contribution is 2.09. The van der Waals surface area contributed by atoms with Crippen molar-refractivity contribution in [3.8, 4) is 5.75 Å². The molecule has 0 aromatic heterocycles. The summed E-state index contributed by atoms with van der Waals surface area (Å²) < 4.78 is 27.7. The zero-order valence-electron chi connectivity index (χ0n) is 9.97. The van der Waals surface area contributed by atoms with Crippen LogP contribution in [0.15, 0.2) is 24.3 Å². The standard InChI is InChI=1S/C11H18N2O3S/c1-9(2)13-17(15,16)12-8-7-10-3-5-11(14)6-4-10/h3-6,9,12-14H,7-8H2,1-2H3. The van der Waals surface area contributed by atoms with Crippen molar-refractivity contribution in [1.82, 2.24) is 9.44 Å². The summed E-state index contributed by atoms with van der Waals surface area (Å²) in [6, 6.07) is 6.56. The molecule has 1 rings (SSSR count). The summed E-state index contributed by atoms with van der Waals surface area (Å²) in [7, 11) is -3.41. The van der Waals surface area contributed by atoms with Crippen molar-refractivity contribution < 1.29 is 13.5 Å². The maximum Gasteiger partial charge on any atom is 0.277 e. The van der Waals surface area contributed by atoms with Crippen LogP contribution in [0.25, 0.3) is 0 Å². The highest BCUT2D eigenvalue weighted by Gasteiger charge is 2.09. The van der Waals surface area contributed by atoms with Crippen LogP contribution in [0.1, 0.15) is 19.4 Å². The molecule has 0 atom stereocenters. The van der Waals surface area contributed by atoms with Crippen molar-refractivity contribution in [3.63, 3.8) is 0 Å². The maximum absolute atomic E-state index is 11.4. The Bertz CT molecular complexity index is 440. The molecular weight excluding hydrogens is 240 g/mol. The van der Waals surface area contributed by atoms with E-state index >= 15 is 0 Å². The fraction of sp³-hybridized carbons (Fsp3) is 0.455. The summed E-state index contributed by atoms with van der Waals surface area (Å²) in [5.74, 6) is 0.204. The SMILES string of the molecule is CC(C)NS(=O)(=O)NCCc1ccc(O)cc1. The first kappa shape index (κ1) is 14.0. The minimum Gasteiger partial charge on any atom is -0.508 e. The minimum absolute atomic E-state index is 0.124. The van der Waals surface area contributed by atoms with E-state index in [9.17, 15) is 8.42 Å². The molecule has 0 bridgehead atoms. The van der Waals surface area contributed by atoms with E-state index in [1.54, 1.807) is 38.1 Å². The fourth-order valence-corrected chi connectivity index (χ4v) is 2.42. The molecular formula is C11H18N2O3S. The molecule has 17 heavy (non-hydrogen) atoms. The molecule has 1 aromatic rings. The fourth-order valence-electron chi connectivity index (χ4n) is 1.34. The second-order valence-electron chi connectivity index (χ2n) is 4.09.